The van der Waals surface area contributed by atoms with E-state index in [2.05, 4.69) is 55.7 Å². The first kappa shape index (κ1) is 35.2. The second-order valence-electron chi connectivity index (χ2n) is 15.0. The predicted octanol–water partition coefficient (Wildman–Crippen LogP) is 4.66. The zero-order valence-corrected chi connectivity index (χ0v) is 30.2. The fourth-order valence-electron chi connectivity index (χ4n) is 7.34. The number of rotatable bonds is 12. The minimum absolute atomic E-state index is 0.0746. The number of morpholine rings is 1. The van der Waals surface area contributed by atoms with Crippen LogP contribution < -0.4 is 15.5 Å². The van der Waals surface area contributed by atoms with Crippen LogP contribution in [0.3, 0.4) is 0 Å². The third-order valence-corrected chi connectivity index (χ3v) is 11.7. The predicted molar refractivity (Wildman–Crippen MR) is 191 cm³/mol. The number of pyridine rings is 1. The van der Waals surface area contributed by atoms with Gasteiger partial charge in [-0.15, -0.1) is 0 Å². The lowest BCUT2D eigenvalue weighted by Gasteiger charge is -2.32. The van der Waals surface area contributed by atoms with Crippen LogP contribution >= 0.6 is 0 Å². The molecule has 3 aliphatic rings. The van der Waals surface area contributed by atoms with Gasteiger partial charge in [0.1, 0.15) is 30.2 Å². The van der Waals surface area contributed by atoms with Crippen LogP contribution in [-0.2, 0) is 22.7 Å². The number of carboxylic acid groups (broad SMARTS) is 1. The quantitative estimate of drug-likeness (QED) is 0.181. The second-order valence-corrected chi connectivity index (χ2v) is 20.6. The number of likely N-dealkylation sites (tertiary alicyclic amines) is 1. The largest absolute Gasteiger partial charge is 0.465 e. The molecule has 3 N–H and O–H groups in total. The number of amides is 2. The van der Waals surface area contributed by atoms with Crippen LogP contribution in [0.4, 0.5) is 10.6 Å². The molecule has 1 saturated carbocycles. The molecule has 3 fully saturated rings. The van der Waals surface area contributed by atoms with Crippen molar-refractivity contribution in [1.29, 1.82) is 0 Å². The molecule has 13 nitrogen and oxygen atoms in total. The lowest BCUT2D eigenvalue weighted by Crippen LogP contribution is -2.46. The molecular formula is C35H52N8O5Si. The Morgan fingerprint density at radius 1 is 1.00 bits per heavy atom. The Kier molecular flexibility index (Phi) is 11.5. The maximum atomic E-state index is 13.3. The summed E-state index contributed by atoms with van der Waals surface area (Å²) in [6, 6.07) is 7.19. The molecule has 266 valence electrons. The molecule has 2 amide bonds. The molecule has 0 bridgehead atoms. The highest BCUT2D eigenvalue weighted by atomic mass is 28.3. The number of carbonyl (C=O) groups is 2. The summed E-state index contributed by atoms with van der Waals surface area (Å²) in [5, 5.41) is 16.0. The maximum Gasteiger partial charge on any atom is 0.404 e. The zero-order valence-electron chi connectivity index (χ0n) is 29.2. The number of ether oxygens (including phenoxy) is 2. The van der Waals surface area contributed by atoms with E-state index in [1.807, 2.05) is 12.1 Å². The van der Waals surface area contributed by atoms with Gasteiger partial charge in [-0.2, -0.15) is 0 Å². The zero-order chi connectivity index (χ0) is 34.4. The normalized spacial score (nSPS) is 22.3. The topological polar surface area (TPSA) is 147 Å². The molecular weight excluding hydrogens is 641 g/mol. The number of aromatic nitrogens is 4. The van der Waals surface area contributed by atoms with E-state index in [0.717, 1.165) is 93.2 Å². The smallest absolute Gasteiger partial charge is 0.404 e. The fraction of sp³-hybridized carbons (Fsp3) is 0.629. The SMILES string of the molecule is C[Si](C)(C)CCOCn1c(C2CCC(NC(=O)c3cc(CN4CCCC(NC(=O)O)C4)ccn3)CC2)cc2c(N3CCOCC3)ncnc21. The highest BCUT2D eigenvalue weighted by Gasteiger charge is 2.29. The van der Waals surface area contributed by atoms with Gasteiger partial charge in [0, 0.05) is 64.8 Å². The molecule has 1 unspecified atom stereocenters. The number of anilines is 1. The Balaban J connectivity index is 1.10. The van der Waals surface area contributed by atoms with E-state index < -0.39 is 14.2 Å². The molecule has 3 aromatic heterocycles. The van der Waals surface area contributed by atoms with Crippen molar-refractivity contribution in [3.05, 3.63) is 47.7 Å². The van der Waals surface area contributed by atoms with Gasteiger partial charge >= 0.3 is 6.09 Å². The molecule has 1 aliphatic carbocycles. The number of fused-ring (bicyclic) bond motifs is 1. The van der Waals surface area contributed by atoms with Crippen LogP contribution in [0.2, 0.25) is 25.7 Å². The van der Waals surface area contributed by atoms with E-state index >= 15 is 0 Å². The van der Waals surface area contributed by atoms with Crippen molar-refractivity contribution >= 4 is 36.9 Å². The van der Waals surface area contributed by atoms with E-state index in [-0.39, 0.29) is 18.0 Å². The maximum absolute atomic E-state index is 13.3. The van der Waals surface area contributed by atoms with Crippen LogP contribution in [0.5, 0.6) is 0 Å². The summed E-state index contributed by atoms with van der Waals surface area (Å²) in [7, 11) is -1.22. The molecule has 0 aromatic carbocycles. The highest BCUT2D eigenvalue weighted by molar-refractivity contribution is 6.76. The standard InChI is InChI=1S/C35H52N8O5Si/c1-49(2,3)18-17-48-24-43-31(20-29-32(37-23-38-33(29)43)42-13-15-47-16-14-42)26-6-8-27(9-7-26)39-34(44)30-19-25(10-11-36-30)21-41-12-4-5-28(22-41)40-35(45)46/h10-11,19-20,23,26-28,40H,4-9,12-18,21-22,24H2,1-3H3,(H,39,44)(H,45,46). The van der Waals surface area contributed by atoms with Crippen molar-refractivity contribution in [3.63, 3.8) is 0 Å². The third-order valence-electron chi connectivity index (χ3n) is 10.0. The van der Waals surface area contributed by atoms with Crippen molar-refractivity contribution in [3.8, 4) is 0 Å². The molecule has 1 atom stereocenters. The van der Waals surface area contributed by atoms with E-state index in [9.17, 15) is 9.59 Å². The van der Waals surface area contributed by atoms with Gasteiger partial charge < -0.3 is 34.7 Å². The Bertz CT molecular complexity index is 1580. The summed E-state index contributed by atoms with van der Waals surface area (Å²) in [5.41, 5.74) is 3.57. The van der Waals surface area contributed by atoms with Crippen LogP contribution in [0, 0.1) is 0 Å². The Morgan fingerprint density at radius 2 is 1.80 bits per heavy atom. The highest BCUT2D eigenvalue weighted by Crippen LogP contribution is 2.38. The van der Waals surface area contributed by atoms with Crippen molar-refractivity contribution < 1.29 is 24.2 Å². The monoisotopic (exact) mass is 692 g/mol. The summed E-state index contributed by atoms with van der Waals surface area (Å²) in [6.07, 6.45) is 7.80. The Labute approximate surface area is 289 Å². The summed E-state index contributed by atoms with van der Waals surface area (Å²) < 4.78 is 14.2. The summed E-state index contributed by atoms with van der Waals surface area (Å²) in [6.45, 7) is 13.5. The third kappa shape index (κ3) is 9.35. The van der Waals surface area contributed by atoms with E-state index in [1.54, 1.807) is 12.5 Å². The molecule has 6 rings (SSSR count). The number of hydrogen-bond donors (Lipinski definition) is 3. The Hall–Kier alpha value is -3.59. The van der Waals surface area contributed by atoms with Crippen molar-refractivity contribution in [2.75, 3.05) is 50.9 Å². The minimum Gasteiger partial charge on any atom is -0.465 e. The van der Waals surface area contributed by atoms with E-state index in [0.29, 0.717) is 44.6 Å². The van der Waals surface area contributed by atoms with Crippen LogP contribution in [0.25, 0.3) is 11.0 Å². The van der Waals surface area contributed by atoms with Gasteiger partial charge in [-0.25, -0.2) is 14.8 Å². The molecule has 3 aromatic rings. The number of piperidine rings is 1. The van der Waals surface area contributed by atoms with Gasteiger partial charge in [-0.05, 0) is 80.8 Å². The van der Waals surface area contributed by atoms with Crippen LogP contribution in [0.15, 0.2) is 30.7 Å². The summed E-state index contributed by atoms with van der Waals surface area (Å²) >= 11 is 0. The van der Waals surface area contributed by atoms with Crippen molar-refractivity contribution in [2.24, 2.45) is 0 Å². The minimum atomic E-state index is -1.22. The molecule has 0 spiro atoms. The van der Waals surface area contributed by atoms with Gasteiger partial charge in [0.05, 0.1) is 18.6 Å². The van der Waals surface area contributed by atoms with Gasteiger partial charge in [0.2, 0.25) is 0 Å². The van der Waals surface area contributed by atoms with Crippen molar-refractivity contribution in [1.82, 2.24) is 35.1 Å². The molecule has 5 heterocycles. The van der Waals surface area contributed by atoms with Gasteiger partial charge in [-0.1, -0.05) is 19.6 Å². The van der Waals surface area contributed by atoms with Gasteiger partial charge in [0.25, 0.3) is 5.91 Å². The molecule has 0 radical (unpaired) electrons. The van der Waals surface area contributed by atoms with Crippen LogP contribution in [-0.4, -0.2) is 108 Å². The summed E-state index contributed by atoms with van der Waals surface area (Å²) in [4.78, 5) is 42.8. The van der Waals surface area contributed by atoms with Gasteiger partial charge in [0.15, 0.2) is 0 Å². The number of nitrogens with one attached hydrogen (secondary N) is 2. The van der Waals surface area contributed by atoms with E-state index in [1.165, 1.54) is 5.69 Å². The van der Waals surface area contributed by atoms with Gasteiger partial charge in [-0.3, -0.25) is 14.7 Å². The first-order valence-electron chi connectivity index (χ1n) is 17.8. The van der Waals surface area contributed by atoms with Crippen LogP contribution in [0.1, 0.15) is 66.2 Å². The van der Waals surface area contributed by atoms with Crippen molar-refractivity contribution in [2.45, 2.75) is 95.5 Å². The molecule has 2 saturated heterocycles. The first-order valence-corrected chi connectivity index (χ1v) is 21.6. The first-order chi connectivity index (χ1) is 23.6. The summed E-state index contributed by atoms with van der Waals surface area (Å²) in [5.74, 6) is 1.14. The average Bonchev–Trinajstić information content (AvgIpc) is 3.45. The number of hydrogen-bond acceptors (Lipinski definition) is 9. The lowest BCUT2D eigenvalue weighted by atomic mass is 9.84. The average molecular weight is 693 g/mol. The lowest BCUT2D eigenvalue weighted by molar-refractivity contribution is 0.0862. The fourth-order valence-corrected chi connectivity index (χ4v) is 8.10. The Morgan fingerprint density at radius 3 is 2.55 bits per heavy atom. The number of carbonyl (C=O) groups excluding carboxylic acids is 1. The second kappa shape index (κ2) is 16.0. The molecule has 2 aliphatic heterocycles. The number of nitrogens with zero attached hydrogens (tertiary/aromatic N) is 6. The van der Waals surface area contributed by atoms with E-state index in [4.69, 9.17) is 24.5 Å². The molecule has 14 heteroatoms. The molecule has 49 heavy (non-hydrogen) atoms.